The molecule has 3 aromatic carbocycles. The van der Waals surface area contributed by atoms with Crippen molar-refractivity contribution in [3.63, 3.8) is 0 Å². The Morgan fingerprint density at radius 1 is 0.897 bits per heavy atom. The van der Waals surface area contributed by atoms with Crippen LogP contribution in [0.15, 0.2) is 85.1 Å². The van der Waals surface area contributed by atoms with E-state index >= 15 is 0 Å². The average Bonchev–Trinajstić information content (AvgIpc) is 3.12. The molecule has 0 fully saturated rings. The van der Waals surface area contributed by atoms with Gasteiger partial charge < -0.3 is 10.4 Å². The zero-order valence-electron chi connectivity index (χ0n) is 15.4. The van der Waals surface area contributed by atoms with E-state index in [-0.39, 0.29) is 5.75 Å². The molecule has 5 nitrogen and oxygen atoms in total. The normalized spacial score (nSPS) is 10.9. The molecule has 2 N–H and O–H groups in total. The molecule has 5 heteroatoms. The molecule has 0 aliphatic carbocycles. The highest BCUT2D eigenvalue weighted by Crippen LogP contribution is 2.40. The maximum atomic E-state index is 10.7. The van der Waals surface area contributed by atoms with Crippen LogP contribution >= 0.6 is 0 Å². The predicted molar refractivity (Wildman–Crippen MR) is 114 cm³/mol. The molecule has 0 amide bonds. The summed E-state index contributed by atoms with van der Waals surface area (Å²) in [5.74, 6) is 0.923. The van der Waals surface area contributed by atoms with Crippen molar-refractivity contribution in [1.82, 2.24) is 9.38 Å². The van der Waals surface area contributed by atoms with Crippen molar-refractivity contribution in [2.45, 2.75) is 0 Å². The van der Waals surface area contributed by atoms with Gasteiger partial charge in [0, 0.05) is 11.9 Å². The van der Waals surface area contributed by atoms with Crippen LogP contribution in [0.4, 0.5) is 11.5 Å². The van der Waals surface area contributed by atoms with E-state index < -0.39 is 0 Å². The van der Waals surface area contributed by atoms with E-state index in [4.69, 9.17) is 10.2 Å². The molecule has 0 radical (unpaired) electrons. The third-order valence-corrected chi connectivity index (χ3v) is 4.95. The van der Waals surface area contributed by atoms with Crippen LogP contribution in [0.1, 0.15) is 5.56 Å². The zero-order valence-corrected chi connectivity index (χ0v) is 15.4. The van der Waals surface area contributed by atoms with Gasteiger partial charge in [0.2, 0.25) is 0 Å². The Hall–Kier alpha value is -4.30. The van der Waals surface area contributed by atoms with E-state index in [0.29, 0.717) is 16.8 Å². The lowest BCUT2D eigenvalue weighted by Crippen LogP contribution is -1.97. The number of nitrogens with zero attached hydrogens (tertiary/aromatic N) is 3. The second-order valence-electron chi connectivity index (χ2n) is 6.73. The summed E-state index contributed by atoms with van der Waals surface area (Å²) in [6, 6.07) is 26.7. The maximum Gasteiger partial charge on any atom is 0.143 e. The van der Waals surface area contributed by atoms with E-state index in [0.717, 1.165) is 27.9 Å². The molecule has 0 aliphatic heterocycles. The number of benzene rings is 3. The highest BCUT2D eigenvalue weighted by molar-refractivity contribution is 6.02. The minimum absolute atomic E-state index is 0.176. The monoisotopic (exact) mass is 376 g/mol. The van der Waals surface area contributed by atoms with Crippen LogP contribution in [-0.2, 0) is 0 Å². The number of nitriles is 1. The van der Waals surface area contributed by atoms with Crippen molar-refractivity contribution >= 4 is 27.9 Å². The van der Waals surface area contributed by atoms with Crippen molar-refractivity contribution < 1.29 is 5.11 Å². The van der Waals surface area contributed by atoms with Gasteiger partial charge in [-0.15, -0.1) is 0 Å². The fourth-order valence-corrected chi connectivity index (χ4v) is 3.56. The molecule has 0 atom stereocenters. The van der Waals surface area contributed by atoms with Crippen LogP contribution in [0.2, 0.25) is 0 Å². The van der Waals surface area contributed by atoms with Crippen molar-refractivity contribution in [2.24, 2.45) is 0 Å². The van der Waals surface area contributed by atoms with E-state index in [9.17, 15) is 5.11 Å². The number of fused-ring (bicyclic) bond motifs is 2. The first kappa shape index (κ1) is 16.8. The molecule has 0 saturated carbocycles. The number of aromatic nitrogens is 2. The Balaban J connectivity index is 1.76. The lowest BCUT2D eigenvalue weighted by atomic mass is 10.0. The highest BCUT2D eigenvalue weighted by atomic mass is 16.3. The van der Waals surface area contributed by atoms with E-state index in [2.05, 4.69) is 11.4 Å². The quantitative estimate of drug-likeness (QED) is 0.438. The van der Waals surface area contributed by atoms with Gasteiger partial charge in [0.15, 0.2) is 0 Å². The van der Waals surface area contributed by atoms with Gasteiger partial charge >= 0.3 is 0 Å². The third kappa shape index (κ3) is 2.84. The van der Waals surface area contributed by atoms with Crippen LogP contribution in [0.3, 0.4) is 0 Å². The van der Waals surface area contributed by atoms with Gasteiger partial charge in [0.05, 0.1) is 17.2 Å². The Morgan fingerprint density at radius 3 is 2.52 bits per heavy atom. The van der Waals surface area contributed by atoms with Gasteiger partial charge in [-0.3, -0.25) is 4.40 Å². The van der Waals surface area contributed by atoms with Crippen molar-refractivity contribution in [3.8, 4) is 23.1 Å². The highest BCUT2D eigenvalue weighted by Gasteiger charge is 2.19. The number of phenolic OH excluding ortho intramolecular Hbond substituents is 1. The number of hydrogen-bond donors (Lipinski definition) is 2. The summed E-state index contributed by atoms with van der Waals surface area (Å²) in [6.07, 6.45) is 1.93. The summed E-state index contributed by atoms with van der Waals surface area (Å²) in [5, 5.41) is 25.1. The lowest BCUT2D eigenvalue weighted by Gasteiger charge is -2.12. The number of anilines is 2. The summed E-state index contributed by atoms with van der Waals surface area (Å²) in [5.41, 5.74) is 3.54. The molecule has 2 heterocycles. The number of rotatable bonds is 3. The van der Waals surface area contributed by atoms with Crippen LogP contribution in [0.25, 0.3) is 27.7 Å². The van der Waals surface area contributed by atoms with Crippen LogP contribution in [0.5, 0.6) is 5.75 Å². The van der Waals surface area contributed by atoms with E-state index in [1.54, 1.807) is 18.2 Å². The Labute approximate surface area is 167 Å². The van der Waals surface area contributed by atoms with E-state index in [1.165, 1.54) is 0 Å². The molecule has 138 valence electrons. The number of pyridine rings is 1. The predicted octanol–water partition coefficient (Wildman–Crippen LogP) is 5.48. The standard InChI is InChI=1S/C24H16N4O/c25-15-16-8-11-18(12-9-16)26-24-23(27-21-7-3-4-14-28(21)24)22-19-6-2-1-5-17(19)10-13-20(22)29/h1-14,26,29H. The molecule has 5 rings (SSSR count). The first-order valence-electron chi connectivity index (χ1n) is 9.20. The van der Waals surface area contributed by atoms with Crippen LogP contribution < -0.4 is 5.32 Å². The minimum Gasteiger partial charge on any atom is -0.507 e. The number of nitrogens with one attached hydrogen (secondary N) is 1. The third-order valence-electron chi connectivity index (χ3n) is 4.95. The molecular formula is C24H16N4O. The Bertz CT molecular complexity index is 1390. The van der Waals surface area contributed by atoms with Gasteiger partial charge in [0.25, 0.3) is 0 Å². The lowest BCUT2D eigenvalue weighted by molar-refractivity contribution is 0.478. The molecule has 0 spiro atoms. The first-order chi connectivity index (χ1) is 14.2. The Kier molecular flexibility index (Phi) is 3.89. The fraction of sp³-hybridized carbons (Fsp3) is 0. The minimum atomic E-state index is 0.176. The smallest absolute Gasteiger partial charge is 0.143 e. The molecular weight excluding hydrogens is 360 g/mol. The number of phenols is 1. The van der Waals surface area contributed by atoms with Crippen LogP contribution in [0, 0.1) is 11.3 Å². The van der Waals surface area contributed by atoms with Gasteiger partial charge in [0.1, 0.15) is 22.9 Å². The largest absolute Gasteiger partial charge is 0.507 e. The molecule has 0 saturated heterocycles. The van der Waals surface area contributed by atoms with Gasteiger partial charge in [-0.25, -0.2) is 4.98 Å². The molecule has 0 unspecified atom stereocenters. The SMILES string of the molecule is N#Cc1ccc(Nc2c(-c3c(O)ccc4ccccc34)nc3ccccn23)cc1. The van der Waals surface area contributed by atoms with Crippen molar-refractivity contribution in [1.29, 1.82) is 5.26 Å². The summed E-state index contributed by atoms with van der Waals surface area (Å²) in [4.78, 5) is 4.81. The summed E-state index contributed by atoms with van der Waals surface area (Å²) >= 11 is 0. The average molecular weight is 376 g/mol. The summed E-state index contributed by atoms with van der Waals surface area (Å²) < 4.78 is 1.95. The number of aromatic hydroxyl groups is 1. The molecule has 0 bridgehead atoms. The topological polar surface area (TPSA) is 73.3 Å². The Morgan fingerprint density at radius 2 is 1.69 bits per heavy atom. The van der Waals surface area contributed by atoms with Gasteiger partial charge in [-0.2, -0.15) is 5.26 Å². The van der Waals surface area contributed by atoms with E-state index in [1.807, 2.05) is 71.3 Å². The molecule has 29 heavy (non-hydrogen) atoms. The molecule has 2 aromatic heterocycles. The van der Waals surface area contributed by atoms with Crippen molar-refractivity contribution in [2.75, 3.05) is 5.32 Å². The zero-order chi connectivity index (χ0) is 19.8. The maximum absolute atomic E-state index is 10.7. The summed E-state index contributed by atoms with van der Waals surface area (Å²) in [7, 11) is 0. The second-order valence-corrected chi connectivity index (χ2v) is 6.73. The molecule has 5 aromatic rings. The first-order valence-corrected chi connectivity index (χ1v) is 9.20. The van der Waals surface area contributed by atoms with Crippen LogP contribution in [-0.4, -0.2) is 14.5 Å². The van der Waals surface area contributed by atoms with Gasteiger partial charge in [-0.05, 0) is 53.2 Å². The number of hydrogen-bond acceptors (Lipinski definition) is 4. The second kappa shape index (κ2) is 6.70. The number of imidazole rings is 1. The summed E-state index contributed by atoms with van der Waals surface area (Å²) in [6.45, 7) is 0. The molecule has 0 aliphatic rings. The fourth-order valence-electron chi connectivity index (χ4n) is 3.56. The van der Waals surface area contributed by atoms with Gasteiger partial charge in [-0.1, -0.05) is 36.4 Å². The van der Waals surface area contributed by atoms with Crippen molar-refractivity contribution in [3.05, 3.63) is 90.6 Å².